The highest BCUT2D eigenvalue weighted by Crippen LogP contribution is 2.29. The fraction of sp³-hybridized carbons (Fsp3) is 0.417. The number of thiophene rings is 1. The smallest absolute Gasteiger partial charge is 0.349 e. The van der Waals surface area contributed by atoms with E-state index in [9.17, 15) is 14.4 Å². The van der Waals surface area contributed by atoms with Gasteiger partial charge in [-0.1, -0.05) is 12.5 Å². The quantitative estimate of drug-likeness (QED) is 0.444. The van der Waals surface area contributed by atoms with E-state index in [-0.39, 0.29) is 17.9 Å². The number of fused-ring (bicyclic) bond motifs is 2. The summed E-state index contributed by atoms with van der Waals surface area (Å²) in [7, 11) is 0. The van der Waals surface area contributed by atoms with Crippen LogP contribution in [0, 0.1) is 27.7 Å². The monoisotopic (exact) mass is 438 g/mol. The molecule has 2 aromatic heterocycles. The zero-order chi connectivity index (χ0) is 22.3. The van der Waals surface area contributed by atoms with Gasteiger partial charge in [0.05, 0.1) is 5.39 Å². The van der Waals surface area contributed by atoms with Crippen molar-refractivity contribution >= 4 is 33.3 Å². The first-order chi connectivity index (χ1) is 14.8. The Morgan fingerprint density at radius 2 is 1.81 bits per heavy atom. The van der Waals surface area contributed by atoms with Gasteiger partial charge < -0.3 is 4.74 Å². The topological polar surface area (TPSA) is 78.3 Å². The standard InChI is InChI=1S/C24H26N2O4S/c1-13-10-15(3)17(11-14(13)2)18(27)12-30-24(29)21-16(4)20-22(31-21)25-19-8-6-5-7-9-26(19)23(20)28/h10-11H,5-9,12H2,1-4H3. The summed E-state index contributed by atoms with van der Waals surface area (Å²) in [5, 5.41) is 0.485. The van der Waals surface area contributed by atoms with E-state index in [4.69, 9.17) is 4.74 Å². The van der Waals surface area contributed by atoms with Crippen LogP contribution in [-0.4, -0.2) is 27.9 Å². The second kappa shape index (κ2) is 8.38. The van der Waals surface area contributed by atoms with Crippen molar-refractivity contribution in [1.82, 2.24) is 9.55 Å². The first-order valence-corrected chi connectivity index (χ1v) is 11.4. The molecule has 0 radical (unpaired) electrons. The number of hydrogen-bond acceptors (Lipinski definition) is 6. The van der Waals surface area contributed by atoms with Gasteiger partial charge in [-0.05, 0) is 68.9 Å². The number of benzene rings is 1. The highest BCUT2D eigenvalue weighted by molar-refractivity contribution is 7.20. The number of aromatic nitrogens is 2. The van der Waals surface area contributed by atoms with Crippen molar-refractivity contribution in [1.29, 1.82) is 0 Å². The third-order valence-electron chi connectivity index (χ3n) is 6.07. The minimum atomic E-state index is -0.588. The Labute approximate surface area is 184 Å². The Kier molecular flexibility index (Phi) is 5.79. The molecule has 0 spiro atoms. The van der Waals surface area contributed by atoms with E-state index in [2.05, 4.69) is 4.98 Å². The summed E-state index contributed by atoms with van der Waals surface area (Å²) < 4.78 is 7.10. The average Bonchev–Trinajstić information content (AvgIpc) is 2.90. The zero-order valence-electron chi connectivity index (χ0n) is 18.3. The molecule has 0 amide bonds. The van der Waals surface area contributed by atoms with Gasteiger partial charge in [0.25, 0.3) is 5.56 Å². The molecular weight excluding hydrogens is 412 g/mol. The molecule has 4 rings (SSSR count). The molecular formula is C24H26N2O4S. The predicted octanol–water partition coefficient (Wildman–Crippen LogP) is 4.46. The van der Waals surface area contributed by atoms with Crippen LogP contribution in [0.2, 0.25) is 0 Å². The zero-order valence-corrected chi connectivity index (χ0v) is 19.1. The number of ketones is 1. The second-order valence-electron chi connectivity index (χ2n) is 8.28. The largest absolute Gasteiger partial charge is 0.453 e. The van der Waals surface area contributed by atoms with Gasteiger partial charge >= 0.3 is 5.97 Å². The van der Waals surface area contributed by atoms with Crippen LogP contribution in [0.15, 0.2) is 16.9 Å². The summed E-state index contributed by atoms with van der Waals surface area (Å²) in [6.45, 7) is 7.90. The Morgan fingerprint density at radius 1 is 1.06 bits per heavy atom. The summed E-state index contributed by atoms with van der Waals surface area (Å²) in [5.41, 5.74) is 4.05. The second-order valence-corrected chi connectivity index (χ2v) is 9.28. The maximum atomic E-state index is 13.1. The van der Waals surface area contributed by atoms with Gasteiger partial charge in [-0.25, -0.2) is 9.78 Å². The molecule has 1 aromatic carbocycles. The highest BCUT2D eigenvalue weighted by Gasteiger charge is 2.24. The van der Waals surface area contributed by atoms with E-state index in [1.165, 1.54) is 11.3 Å². The van der Waals surface area contributed by atoms with Crippen molar-refractivity contribution in [3.05, 3.63) is 61.0 Å². The van der Waals surface area contributed by atoms with Crippen molar-refractivity contribution in [2.75, 3.05) is 6.61 Å². The van der Waals surface area contributed by atoms with Gasteiger partial charge in [0.1, 0.15) is 15.5 Å². The SMILES string of the molecule is Cc1cc(C)c(C(=O)COC(=O)c2sc3nc4n(c(=O)c3c2C)CCCCC4)cc1C. The fourth-order valence-corrected chi connectivity index (χ4v) is 5.22. The van der Waals surface area contributed by atoms with Gasteiger partial charge in [0.15, 0.2) is 6.61 Å². The number of nitrogens with zero attached hydrogens (tertiary/aromatic N) is 2. The van der Waals surface area contributed by atoms with Crippen LogP contribution in [0.5, 0.6) is 0 Å². The van der Waals surface area contributed by atoms with Gasteiger partial charge in [-0.2, -0.15) is 0 Å². The number of aryl methyl sites for hydroxylation is 5. The summed E-state index contributed by atoms with van der Waals surface area (Å²) in [5.74, 6) is -0.0379. The van der Waals surface area contributed by atoms with Crippen LogP contribution < -0.4 is 5.56 Å². The predicted molar refractivity (Wildman–Crippen MR) is 121 cm³/mol. The van der Waals surface area contributed by atoms with Crippen LogP contribution in [-0.2, 0) is 17.7 Å². The van der Waals surface area contributed by atoms with Crippen molar-refractivity contribution < 1.29 is 14.3 Å². The lowest BCUT2D eigenvalue weighted by Crippen LogP contribution is -2.24. The minimum absolute atomic E-state index is 0.0865. The fourth-order valence-electron chi connectivity index (χ4n) is 4.14. The van der Waals surface area contributed by atoms with Gasteiger partial charge in [-0.15, -0.1) is 11.3 Å². The number of ether oxygens (including phenoxy) is 1. The van der Waals surface area contributed by atoms with E-state index in [1.807, 2.05) is 32.9 Å². The third-order valence-corrected chi connectivity index (χ3v) is 7.24. The summed E-state index contributed by atoms with van der Waals surface area (Å²) >= 11 is 1.17. The first-order valence-electron chi connectivity index (χ1n) is 10.6. The lowest BCUT2D eigenvalue weighted by atomic mass is 9.98. The molecule has 1 aliphatic heterocycles. The molecule has 0 saturated carbocycles. The molecule has 0 N–H and O–H groups in total. The maximum absolute atomic E-state index is 13.1. The molecule has 31 heavy (non-hydrogen) atoms. The molecule has 6 nitrogen and oxygen atoms in total. The normalized spacial score (nSPS) is 13.7. The highest BCUT2D eigenvalue weighted by atomic mass is 32.1. The number of hydrogen-bond donors (Lipinski definition) is 0. The van der Waals surface area contributed by atoms with Crippen LogP contribution in [0.25, 0.3) is 10.2 Å². The molecule has 162 valence electrons. The van der Waals surface area contributed by atoms with Crippen LogP contribution in [0.4, 0.5) is 0 Å². The van der Waals surface area contributed by atoms with E-state index in [0.717, 1.165) is 48.2 Å². The van der Waals surface area contributed by atoms with Gasteiger partial charge in [-0.3, -0.25) is 14.2 Å². The third kappa shape index (κ3) is 3.94. The number of carbonyl (C=O) groups is 2. The molecule has 7 heteroatoms. The van der Waals surface area contributed by atoms with E-state index in [1.54, 1.807) is 11.5 Å². The Hall–Kier alpha value is -2.80. The molecule has 0 atom stereocenters. The van der Waals surface area contributed by atoms with E-state index in [0.29, 0.717) is 32.8 Å². The van der Waals surface area contributed by atoms with Crippen molar-refractivity contribution in [2.24, 2.45) is 0 Å². The molecule has 0 fully saturated rings. The number of rotatable bonds is 4. The molecule has 0 aliphatic carbocycles. The lowest BCUT2D eigenvalue weighted by Gasteiger charge is -2.09. The molecule has 3 aromatic rings. The summed E-state index contributed by atoms with van der Waals surface area (Å²) in [6.07, 6.45) is 3.82. The maximum Gasteiger partial charge on any atom is 0.349 e. The number of carbonyl (C=O) groups excluding carboxylic acids is 2. The average molecular weight is 439 g/mol. The van der Waals surface area contributed by atoms with Gasteiger partial charge in [0, 0.05) is 18.5 Å². The van der Waals surface area contributed by atoms with Crippen LogP contribution >= 0.6 is 11.3 Å². The van der Waals surface area contributed by atoms with Crippen molar-refractivity contribution in [3.8, 4) is 0 Å². The molecule has 0 unspecified atom stereocenters. The summed E-state index contributed by atoms with van der Waals surface area (Å²) in [6, 6.07) is 3.80. The molecule has 1 aliphatic rings. The molecule has 3 heterocycles. The number of Topliss-reactive ketones (excluding diaryl/α,β-unsaturated/α-hetero) is 1. The molecule has 0 bridgehead atoms. The van der Waals surface area contributed by atoms with E-state index < -0.39 is 5.97 Å². The van der Waals surface area contributed by atoms with Crippen molar-refractivity contribution in [2.45, 2.75) is 59.9 Å². The molecule has 0 saturated heterocycles. The van der Waals surface area contributed by atoms with Crippen LogP contribution in [0.1, 0.15) is 67.4 Å². The van der Waals surface area contributed by atoms with Crippen molar-refractivity contribution in [3.63, 3.8) is 0 Å². The lowest BCUT2D eigenvalue weighted by molar-refractivity contribution is 0.0479. The Morgan fingerprint density at radius 3 is 2.58 bits per heavy atom. The minimum Gasteiger partial charge on any atom is -0.453 e. The van der Waals surface area contributed by atoms with E-state index >= 15 is 0 Å². The first kappa shape index (κ1) is 21.4. The van der Waals surface area contributed by atoms with Crippen LogP contribution in [0.3, 0.4) is 0 Å². The summed E-state index contributed by atoms with van der Waals surface area (Å²) in [4.78, 5) is 44.0. The Balaban J connectivity index is 1.59. The number of esters is 1. The Bertz CT molecular complexity index is 1270. The van der Waals surface area contributed by atoms with Gasteiger partial charge in [0.2, 0.25) is 5.78 Å².